The first-order chi connectivity index (χ1) is 15.4. The SMILES string of the molecule is N#Cc1cccn2c(-c3ccccc3)c(-c3ccccc3)c(OCC3CCCCC3)c12. The fraction of sp³-hybridized carbons (Fsp3) is 0.250. The topological polar surface area (TPSA) is 37.4 Å². The minimum absolute atomic E-state index is 0.585. The van der Waals surface area contributed by atoms with E-state index in [1.165, 1.54) is 32.1 Å². The third-order valence-corrected chi connectivity index (χ3v) is 6.33. The van der Waals surface area contributed by atoms with E-state index < -0.39 is 0 Å². The number of nitrogens with zero attached hydrogens (tertiary/aromatic N) is 2. The molecule has 5 rings (SSSR count). The molecule has 1 aliphatic carbocycles. The number of rotatable bonds is 5. The van der Waals surface area contributed by atoms with Crippen LogP contribution in [0.25, 0.3) is 27.9 Å². The number of fused-ring (bicyclic) bond motifs is 1. The smallest absolute Gasteiger partial charge is 0.154 e. The van der Waals surface area contributed by atoms with E-state index in [2.05, 4.69) is 59.0 Å². The summed E-state index contributed by atoms with van der Waals surface area (Å²) in [4.78, 5) is 0. The highest BCUT2D eigenvalue weighted by Gasteiger charge is 2.25. The van der Waals surface area contributed by atoms with Gasteiger partial charge in [-0.05, 0) is 42.0 Å². The Hall–Kier alpha value is -3.51. The fourth-order valence-corrected chi connectivity index (χ4v) is 4.81. The lowest BCUT2D eigenvalue weighted by atomic mass is 9.90. The van der Waals surface area contributed by atoms with Gasteiger partial charge in [-0.1, -0.05) is 79.9 Å². The van der Waals surface area contributed by atoms with Crippen molar-refractivity contribution in [2.75, 3.05) is 6.61 Å². The Kier molecular flexibility index (Phi) is 5.46. The van der Waals surface area contributed by atoms with Crippen LogP contribution in [0.5, 0.6) is 5.75 Å². The summed E-state index contributed by atoms with van der Waals surface area (Å²) >= 11 is 0. The molecule has 0 atom stereocenters. The van der Waals surface area contributed by atoms with Crippen LogP contribution in [0.2, 0.25) is 0 Å². The highest BCUT2D eigenvalue weighted by molar-refractivity contribution is 5.95. The molecular weight excluding hydrogens is 380 g/mol. The van der Waals surface area contributed by atoms with Gasteiger partial charge in [-0.2, -0.15) is 5.26 Å². The van der Waals surface area contributed by atoms with Crippen LogP contribution in [-0.2, 0) is 0 Å². The van der Waals surface area contributed by atoms with Crippen LogP contribution >= 0.6 is 0 Å². The predicted molar refractivity (Wildman–Crippen MR) is 125 cm³/mol. The van der Waals surface area contributed by atoms with Gasteiger partial charge in [-0.3, -0.25) is 0 Å². The zero-order valence-corrected chi connectivity index (χ0v) is 17.6. The van der Waals surface area contributed by atoms with Crippen molar-refractivity contribution in [3.05, 3.63) is 84.6 Å². The summed E-state index contributed by atoms with van der Waals surface area (Å²) in [5, 5.41) is 9.90. The molecule has 3 nitrogen and oxygen atoms in total. The lowest BCUT2D eigenvalue weighted by Gasteiger charge is -2.22. The van der Waals surface area contributed by atoms with Gasteiger partial charge in [-0.15, -0.1) is 0 Å². The van der Waals surface area contributed by atoms with Crippen LogP contribution in [0.1, 0.15) is 37.7 Å². The first kappa shape index (κ1) is 19.5. The molecule has 154 valence electrons. The Morgan fingerprint density at radius 1 is 0.839 bits per heavy atom. The van der Waals surface area contributed by atoms with Crippen molar-refractivity contribution >= 4 is 5.52 Å². The average Bonchev–Trinajstić information content (AvgIpc) is 3.19. The second-order valence-electron chi connectivity index (χ2n) is 8.35. The number of hydrogen-bond acceptors (Lipinski definition) is 2. The predicted octanol–water partition coefficient (Wildman–Crippen LogP) is 7.10. The normalized spacial score (nSPS) is 14.4. The molecule has 2 aromatic carbocycles. The Bertz CT molecular complexity index is 1210. The number of ether oxygens (including phenoxy) is 1. The minimum Gasteiger partial charge on any atom is -0.490 e. The van der Waals surface area contributed by atoms with Crippen LogP contribution in [0.3, 0.4) is 0 Å². The van der Waals surface area contributed by atoms with Crippen molar-refractivity contribution in [2.24, 2.45) is 5.92 Å². The Labute approximate surface area is 183 Å². The quantitative estimate of drug-likeness (QED) is 0.354. The molecule has 2 aromatic heterocycles. The van der Waals surface area contributed by atoms with Gasteiger partial charge in [0.1, 0.15) is 11.6 Å². The van der Waals surface area contributed by atoms with Gasteiger partial charge >= 0.3 is 0 Å². The lowest BCUT2D eigenvalue weighted by molar-refractivity contribution is 0.211. The fourth-order valence-electron chi connectivity index (χ4n) is 4.81. The van der Waals surface area contributed by atoms with Gasteiger partial charge < -0.3 is 9.14 Å². The largest absolute Gasteiger partial charge is 0.490 e. The highest BCUT2D eigenvalue weighted by Crippen LogP contribution is 2.45. The van der Waals surface area contributed by atoms with Crippen molar-refractivity contribution in [3.63, 3.8) is 0 Å². The van der Waals surface area contributed by atoms with Crippen LogP contribution in [0, 0.1) is 17.2 Å². The summed E-state index contributed by atoms with van der Waals surface area (Å²) in [5.41, 5.74) is 5.84. The molecule has 0 N–H and O–H groups in total. The number of nitriles is 1. The van der Waals surface area contributed by atoms with Crippen LogP contribution in [-0.4, -0.2) is 11.0 Å². The second-order valence-corrected chi connectivity index (χ2v) is 8.35. The third kappa shape index (κ3) is 3.70. The molecule has 0 amide bonds. The van der Waals surface area contributed by atoms with Crippen LogP contribution in [0.15, 0.2) is 79.0 Å². The molecule has 3 heteroatoms. The molecule has 1 aliphatic rings. The summed E-state index contributed by atoms with van der Waals surface area (Å²) in [5.74, 6) is 1.41. The van der Waals surface area contributed by atoms with Crippen molar-refractivity contribution in [1.29, 1.82) is 5.26 Å². The Morgan fingerprint density at radius 2 is 1.52 bits per heavy atom. The van der Waals surface area contributed by atoms with Crippen molar-refractivity contribution < 1.29 is 4.74 Å². The lowest BCUT2D eigenvalue weighted by Crippen LogP contribution is -2.15. The van der Waals surface area contributed by atoms with Crippen LogP contribution < -0.4 is 4.74 Å². The molecule has 0 aliphatic heterocycles. The van der Waals surface area contributed by atoms with E-state index in [9.17, 15) is 5.26 Å². The van der Waals surface area contributed by atoms with Gasteiger partial charge in [0, 0.05) is 6.20 Å². The first-order valence-electron chi connectivity index (χ1n) is 11.2. The van der Waals surface area contributed by atoms with Crippen molar-refractivity contribution in [2.45, 2.75) is 32.1 Å². The second kappa shape index (κ2) is 8.70. The third-order valence-electron chi connectivity index (χ3n) is 6.33. The molecule has 2 heterocycles. The summed E-state index contributed by atoms with van der Waals surface area (Å²) < 4.78 is 8.75. The molecule has 1 saturated carbocycles. The van der Waals surface area contributed by atoms with E-state index in [1.807, 2.05) is 30.5 Å². The highest BCUT2D eigenvalue weighted by atomic mass is 16.5. The van der Waals surface area contributed by atoms with E-state index in [4.69, 9.17) is 4.74 Å². The average molecular weight is 407 g/mol. The Morgan fingerprint density at radius 3 is 2.19 bits per heavy atom. The van der Waals surface area contributed by atoms with Crippen molar-refractivity contribution in [3.8, 4) is 34.2 Å². The zero-order valence-electron chi connectivity index (χ0n) is 17.6. The molecule has 31 heavy (non-hydrogen) atoms. The standard InChI is InChI=1S/C28H26N2O/c29-19-24-17-10-18-30-26(23-15-8-3-9-16-23)25(22-13-6-2-7-14-22)28(27(24)30)31-20-21-11-4-1-5-12-21/h2-3,6-10,13-18,21H,1,4-5,11-12,20H2. The Balaban J connectivity index is 1.75. The maximum Gasteiger partial charge on any atom is 0.154 e. The summed E-state index contributed by atoms with van der Waals surface area (Å²) in [6.07, 6.45) is 8.39. The van der Waals surface area contributed by atoms with Gasteiger partial charge in [0.25, 0.3) is 0 Å². The molecule has 0 bridgehead atoms. The molecule has 0 spiro atoms. The molecule has 0 saturated heterocycles. The monoisotopic (exact) mass is 406 g/mol. The number of pyridine rings is 1. The van der Waals surface area contributed by atoms with E-state index in [0.29, 0.717) is 18.1 Å². The molecule has 0 radical (unpaired) electrons. The molecule has 0 unspecified atom stereocenters. The number of hydrogen-bond donors (Lipinski definition) is 0. The molecule has 1 fully saturated rings. The summed E-state index contributed by atoms with van der Waals surface area (Å²) in [6.45, 7) is 0.702. The maximum absolute atomic E-state index is 9.90. The van der Waals surface area contributed by atoms with Gasteiger partial charge in [-0.25, -0.2) is 0 Å². The molecule has 4 aromatic rings. The number of aromatic nitrogens is 1. The van der Waals surface area contributed by atoms with Gasteiger partial charge in [0.05, 0.1) is 23.4 Å². The number of benzene rings is 2. The summed E-state index contributed by atoms with van der Waals surface area (Å²) in [6, 6.07) is 27.0. The van der Waals surface area contributed by atoms with Crippen LogP contribution in [0.4, 0.5) is 0 Å². The maximum atomic E-state index is 9.90. The van der Waals surface area contributed by atoms with Crippen molar-refractivity contribution in [1.82, 2.24) is 4.40 Å². The van der Waals surface area contributed by atoms with Gasteiger partial charge in [0.2, 0.25) is 0 Å². The van der Waals surface area contributed by atoms with E-state index in [-0.39, 0.29) is 0 Å². The minimum atomic E-state index is 0.585. The summed E-state index contributed by atoms with van der Waals surface area (Å²) in [7, 11) is 0. The van der Waals surface area contributed by atoms with Gasteiger partial charge in [0.15, 0.2) is 5.75 Å². The van der Waals surface area contributed by atoms with E-state index in [0.717, 1.165) is 33.7 Å². The first-order valence-corrected chi connectivity index (χ1v) is 11.2. The van der Waals surface area contributed by atoms with E-state index >= 15 is 0 Å². The van der Waals surface area contributed by atoms with E-state index in [1.54, 1.807) is 0 Å². The zero-order chi connectivity index (χ0) is 21.0. The molecular formula is C28H26N2O.